The number of benzene rings is 2. The van der Waals surface area contributed by atoms with Gasteiger partial charge in [-0.05, 0) is 24.3 Å². The summed E-state index contributed by atoms with van der Waals surface area (Å²) < 4.78 is 9.34. The second-order valence-electron chi connectivity index (χ2n) is 6.88. The summed E-state index contributed by atoms with van der Waals surface area (Å²) in [6, 6.07) is 16.1. The van der Waals surface area contributed by atoms with Gasteiger partial charge in [-0.2, -0.15) is 0 Å². The summed E-state index contributed by atoms with van der Waals surface area (Å²) in [6.45, 7) is 1.46. The van der Waals surface area contributed by atoms with Gasteiger partial charge in [0.15, 0.2) is 4.34 Å². The maximum atomic E-state index is 12.6. The maximum Gasteiger partial charge on any atom is 0.274 e. The number of rotatable bonds is 5. The molecule has 3 heterocycles. The van der Waals surface area contributed by atoms with Crippen LogP contribution in [0.5, 0.6) is 5.19 Å². The standard InChI is InChI=1S/C21H19N3O2S3/c25-19(13-27-21-23-16-6-2-4-8-18(16)29-21)24-11-9-14(10-12-24)26-20-22-15-5-1-3-7-17(15)28-20/h1-8,14H,9-13H2. The molecule has 1 fully saturated rings. The Labute approximate surface area is 180 Å². The molecular formula is C21H19N3O2S3. The maximum absolute atomic E-state index is 12.6. The van der Waals surface area contributed by atoms with E-state index >= 15 is 0 Å². The molecule has 0 radical (unpaired) electrons. The predicted molar refractivity (Wildman–Crippen MR) is 120 cm³/mol. The van der Waals surface area contributed by atoms with Gasteiger partial charge in [0.2, 0.25) is 5.91 Å². The second kappa shape index (κ2) is 8.30. The lowest BCUT2D eigenvalue weighted by molar-refractivity contribution is -0.130. The van der Waals surface area contributed by atoms with E-state index in [1.165, 1.54) is 11.8 Å². The number of thioether (sulfide) groups is 1. The van der Waals surface area contributed by atoms with Gasteiger partial charge in [0.05, 0.1) is 26.2 Å². The normalized spacial score (nSPS) is 15.2. The average Bonchev–Trinajstić information content (AvgIpc) is 3.35. The lowest BCUT2D eigenvalue weighted by atomic mass is 10.1. The summed E-state index contributed by atoms with van der Waals surface area (Å²) in [6.07, 6.45) is 1.80. The molecule has 148 valence electrons. The van der Waals surface area contributed by atoms with Crippen molar-refractivity contribution < 1.29 is 9.53 Å². The highest BCUT2D eigenvalue weighted by atomic mass is 32.2. The first-order chi connectivity index (χ1) is 14.2. The van der Waals surface area contributed by atoms with E-state index in [1.54, 1.807) is 22.7 Å². The van der Waals surface area contributed by atoms with Gasteiger partial charge in [0.25, 0.3) is 5.19 Å². The molecule has 2 aromatic heterocycles. The number of thiazole rings is 2. The van der Waals surface area contributed by atoms with E-state index in [9.17, 15) is 4.79 Å². The molecule has 1 aliphatic heterocycles. The number of fused-ring (bicyclic) bond motifs is 2. The molecule has 5 nitrogen and oxygen atoms in total. The molecule has 0 bridgehead atoms. The summed E-state index contributed by atoms with van der Waals surface area (Å²) >= 11 is 4.76. The Morgan fingerprint density at radius 1 is 1.00 bits per heavy atom. The zero-order valence-electron chi connectivity index (χ0n) is 15.6. The third-order valence-electron chi connectivity index (χ3n) is 4.93. The molecule has 4 aromatic rings. The number of carbonyl (C=O) groups excluding carboxylic acids is 1. The molecule has 1 saturated heterocycles. The molecule has 29 heavy (non-hydrogen) atoms. The van der Waals surface area contributed by atoms with Gasteiger partial charge in [-0.25, -0.2) is 9.97 Å². The number of hydrogen-bond acceptors (Lipinski definition) is 7. The van der Waals surface area contributed by atoms with Gasteiger partial charge < -0.3 is 9.64 Å². The average molecular weight is 442 g/mol. The van der Waals surface area contributed by atoms with Crippen LogP contribution in [0.15, 0.2) is 52.9 Å². The number of amides is 1. The lowest BCUT2D eigenvalue weighted by Crippen LogP contribution is -2.42. The molecule has 0 saturated carbocycles. The minimum absolute atomic E-state index is 0.122. The van der Waals surface area contributed by atoms with Gasteiger partial charge >= 0.3 is 0 Å². The highest BCUT2D eigenvalue weighted by Crippen LogP contribution is 2.31. The molecule has 1 aliphatic rings. The van der Waals surface area contributed by atoms with E-state index in [1.807, 2.05) is 41.3 Å². The Bertz CT molecular complexity index is 1080. The summed E-state index contributed by atoms with van der Waals surface area (Å²) in [5.41, 5.74) is 1.98. The largest absolute Gasteiger partial charge is 0.467 e. The summed E-state index contributed by atoms with van der Waals surface area (Å²) in [7, 11) is 0. The summed E-state index contributed by atoms with van der Waals surface area (Å²) in [4.78, 5) is 23.7. The van der Waals surface area contributed by atoms with Crippen molar-refractivity contribution in [2.24, 2.45) is 0 Å². The SMILES string of the molecule is O=C(CSc1nc2ccccc2s1)N1CCC(Oc2nc3ccccc3s2)CC1. The van der Waals surface area contributed by atoms with Crippen molar-refractivity contribution in [1.29, 1.82) is 0 Å². The first kappa shape index (κ1) is 18.8. The fourth-order valence-electron chi connectivity index (χ4n) is 3.39. The van der Waals surface area contributed by atoms with Gasteiger partial charge in [-0.15, -0.1) is 11.3 Å². The van der Waals surface area contributed by atoms with E-state index in [0.29, 0.717) is 5.75 Å². The lowest BCUT2D eigenvalue weighted by Gasteiger charge is -2.31. The zero-order chi connectivity index (χ0) is 19.6. The van der Waals surface area contributed by atoms with Crippen LogP contribution in [0.4, 0.5) is 0 Å². The predicted octanol–water partition coefficient (Wildman–Crippen LogP) is 5.07. The first-order valence-electron chi connectivity index (χ1n) is 9.53. The Morgan fingerprint density at radius 2 is 1.66 bits per heavy atom. The monoisotopic (exact) mass is 441 g/mol. The highest BCUT2D eigenvalue weighted by molar-refractivity contribution is 8.01. The van der Waals surface area contributed by atoms with Crippen molar-refractivity contribution in [2.75, 3.05) is 18.8 Å². The topological polar surface area (TPSA) is 55.3 Å². The third-order valence-corrected chi connectivity index (χ3v) is 8.02. The molecule has 0 unspecified atom stereocenters. The highest BCUT2D eigenvalue weighted by Gasteiger charge is 2.25. The van der Waals surface area contributed by atoms with E-state index in [-0.39, 0.29) is 12.0 Å². The molecular weight excluding hydrogens is 422 g/mol. The van der Waals surface area contributed by atoms with Crippen molar-refractivity contribution in [2.45, 2.75) is 23.3 Å². The van der Waals surface area contributed by atoms with E-state index in [2.05, 4.69) is 22.1 Å². The van der Waals surface area contributed by atoms with Crippen LogP contribution < -0.4 is 4.74 Å². The zero-order valence-corrected chi connectivity index (χ0v) is 18.1. The van der Waals surface area contributed by atoms with Crippen LogP contribution in [-0.4, -0.2) is 45.7 Å². The van der Waals surface area contributed by atoms with Crippen LogP contribution in [0.25, 0.3) is 20.4 Å². The number of piperidine rings is 1. The van der Waals surface area contributed by atoms with Crippen molar-refractivity contribution >= 4 is 60.8 Å². The van der Waals surface area contributed by atoms with Gasteiger partial charge in [0.1, 0.15) is 6.10 Å². The molecule has 8 heteroatoms. The Kier molecular flexibility index (Phi) is 5.39. The molecule has 1 amide bonds. The Hall–Kier alpha value is -2.16. The molecule has 0 N–H and O–H groups in total. The minimum atomic E-state index is 0.122. The molecule has 5 rings (SSSR count). The third kappa shape index (κ3) is 4.24. The Balaban J connectivity index is 1.12. The minimum Gasteiger partial charge on any atom is -0.467 e. The smallest absolute Gasteiger partial charge is 0.274 e. The van der Waals surface area contributed by atoms with Crippen molar-refractivity contribution in [3.8, 4) is 5.19 Å². The molecule has 0 spiro atoms. The summed E-state index contributed by atoms with van der Waals surface area (Å²) in [5, 5.41) is 0.724. The van der Waals surface area contributed by atoms with Crippen molar-refractivity contribution in [3.05, 3.63) is 48.5 Å². The number of para-hydroxylation sites is 2. The van der Waals surface area contributed by atoms with Crippen LogP contribution in [-0.2, 0) is 4.79 Å². The molecule has 0 aliphatic carbocycles. The number of hydrogen-bond donors (Lipinski definition) is 0. The Morgan fingerprint density at radius 3 is 2.34 bits per heavy atom. The molecule has 2 aromatic carbocycles. The number of nitrogens with zero attached hydrogens (tertiary/aromatic N) is 3. The fraction of sp³-hybridized carbons (Fsp3) is 0.286. The van der Waals surface area contributed by atoms with Crippen molar-refractivity contribution in [3.63, 3.8) is 0 Å². The van der Waals surface area contributed by atoms with Gasteiger partial charge in [-0.1, -0.05) is 47.4 Å². The number of aromatic nitrogens is 2. The van der Waals surface area contributed by atoms with E-state index in [0.717, 1.165) is 55.9 Å². The summed E-state index contributed by atoms with van der Waals surface area (Å²) in [5.74, 6) is 0.608. The number of carbonyl (C=O) groups is 1. The van der Waals surface area contributed by atoms with E-state index in [4.69, 9.17) is 4.74 Å². The van der Waals surface area contributed by atoms with E-state index < -0.39 is 0 Å². The first-order valence-corrected chi connectivity index (χ1v) is 12.1. The quantitative estimate of drug-likeness (QED) is 0.405. The van der Waals surface area contributed by atoms with Crippen LogP contribution in [0.3, 0.4) is 0 Å². The molecule has 0 atom stereocenters. The van der Waals surface area contributed by atoms with Crippen LogP contribution >= 0.6 is 34.4 Å². The number of ether oxygens (including phenoxy) is 1. The van der Waals surface area contributed by atoms with Gasteiger partial charge in [0, 0.05) is 25.9 Å². The fourth-order valence-corrected chi connectivity index (χ4v) is 6.25. The van der Waals surface area contributed by atoms with Crippen LogP contribution in [0.1, 0.15) is 12.8 Å². The van der Waals surface area contributed by atoms with Crippen LogP contribution in [0.2, 0.25) is 0 Å². The number of likely N-dealkylation sites (tertiary alicyclic amines) is 1. The van der Waals surface area contributed by atoms with Crippen molar-refractivity contribution in [1.82, 2.24) is 14.9 Å². The second-order valence-corrected chi connectivity index (χ2v) is 10.1. The van der Waals surface area contributed by atoms with Gasteiger partial charge in [-0.3, -0.25) is 4.79 Å². The van der Waals surface area contributed by atoms with Crippen LogP contribution in [0, 0.1) is 0 Å².